The van der Waals surface area contributed by atoms with E-state index < -0.39 is 0 Å². The largest absolute Gasteiger partial charge is 0.257 e. The van der Waals surface area contributed by atoms with Crippen molar-refractivity contribution in [3.8, 4) is 16.9 Å². The molecule has 0 N–H and O–H groups in total. The summed E-state index contributed by atoms with van der Waals surface area (Å²) in [4.78, 5) is 1.93. The molecule has 0 saturated heterocycles. The number of halogens is 2. The zero-order chi connectivity index (χ0) is 18.4. The molecule has 5 heteroatoms. The molecular weight excluding hydrogens is 422 g/mol. The third kappa shape index (κ3) is 2.91. The fraction of sp³-hybridized carbons (Fsp3) is 0. The molecule has 0 atom stereocenters. The van der Waals surface area contributed by atoms with Crippen molar-refractivity contribution in [3.63, 3.8) is 0 Å². The minimum absolute atomic E-state index is 0.716. The molecule has 0 unspecified atom stereocenters. The van der Waals surface area contributed by atoms with E-state index in [0.717, 1.165) is 32.3 Å². The van der Waals surface area contributed by atoms with Crippen LogP contribution in [0.15, 0.2) is 89.5 Å². The highest BCUT2D eigenvalue weighted by molar-refractivity contribution is 9.10. The second-order valence-electron chi connectivity index (χ2n) is 6.35. The van der Waals surface area contributed by atoms with E-state index in [4.69, 9.17) is 16.7 Å². The topological polar surface area (TPSA) is 21.9 Å². The van der Waals surface area contributed by atoms with E-state index in [1.54, 1.807) is 0 Å². The number of benzene rings is 3. The first-order valence-corrected chi connectivity index (χ1v) is 9.71. The van der Waals surface area contributed by atoms with Crippen molar-refractivity contribution in [3.05, 3.63) is 94.6 Å². The molecule has 2 heterocycles. The summed E-state index contributed by atoms with van der Waals surface area (Å²) in [5.41, 5.74) is 3.98. The third-order valence-electron chi connectivity index (χ3n) is 4.61. The van der Waals surface area contributed by atoms with Gasteiger partial charge >= 0.3 is 0 Å². The standard InChI is InChI=1S/C22H14BrClN3/c23-18-7-11-20(12-8-18)27-25-22(15-5-9-19(24)10-6-15)21-13-16-3-1-2-4-17(16)14-26(21)27/h1-14H/q+1. The van der Waals surface area contributed by atoms with Crippen molar-refractivity contribution >= 4 is 43.8 Å². The molecule has 0 aliphatic heterocycles. The second-order valence-corrected chi connectivity index (χ2v) is 7.71. The molecule has 0 radical (unpaired) electrons. The molecule has 5 aromatic rings. The zero-order valence-corrected chi connectivity index (χ0v) is 16.5. The smallest absolute Gasteiger partial charge is 0.119 e. The molecule has 2 aromatic heterocycles. The highest BCUT2D eigenvalue weighted by Gasteiger charge is 2.23. The van der Waals surface area contributed by atoms with Crippen LogP contribution in [0.4, 0.5) is 0 Å². The molecule has 0 saturated carbocycles. The monoisotopic (exact) mass is 434 g/mol. The fourth-order valence-corrected chi connectivity index (χ4v) is 3.66. The van der Waals surface area contributed by atoms with Crippen molar-refractivity contribution in [2.24, 2.45) is 0 Å². The van der Waals surface area contributed by atoms with Crippen LogP contribution in [0.2, 0.25) is 5.02 Å². The van der Waals surface area contributed by atoms with E-state index >= 15 is 0 Å². The lowest BCUT2D eigenvalue weighted by molar-refractivity contribution is -0.602. The van der Waals surface area contributed by atoms with E-state index in [0.29, 0.717) is 5.02 Å². The zero-order valence-electron chi connectivity index (χ0n) is 14.2. The fourth-order valence-electron chi connectivity index (χ4n) is 3.27. The number of fused-ring (bicyclic) bond motifs is 2. The van der Waals surface area contributed by atoms with Crippen molar-refractivity contribution in [1.82, 2.24) is 9.90 Å². The summed E-state index contributed by atoms with van der Waals surface area (Å²) in [6, 6.07) is 26.5. The van der Waals surface area contributed by atoms with Crippen LogP contribution in [0.1, 0.15) is 0 Å². The number of hydrogen-bond acceptors (Lipinski definition) is 1. The van der Waals surface area contributed by atoms with Crippen LogP contribution in [0.25, 0.3) is 33.2 Å². The molecule has 5 rings (SSSR count). The van der Waals surface area contributed by atoms with Crippen LogP contribution in [0, 0.1) is 0 Å². The summed E-state index contributed by atoms with van der Waals surface area (Å²) in [6.07, 6.45) is 2.12. The lowest BCUT2D eigenvalue weighted by Crippen LogP contribution is -2.32. The van der Waals surface area contributed by atoms with Gasteiger partial charge in [-0.25, -0.2) is 0 Å². The predicted octanol–water partition coefficient (Wildman–Crippen LogP) is 5.85. The van der Waals surface area contributed by atoms with Gasteiger partial charge in [-0.2, -0.15) is 0 Å². The Balaban J connectivity index is 1.84. The molecule has 27 heavy (non-hydrogen) atoms. The Morgan fingerprint density at radius 3 is 2.30 bits per heavy atom. The Hall–Kier alpha value is -2.69. The van der Waals surface area contributed by atoms with Gasteiger partial charge < -0.3 is 0 Å². The summed E-state index contributed by atoms with van der Waals surface area (Å²) in [5.74, 6) is 0. The summed E-state index contributed by atoms with van der Waals surface area (Å²) in [6.45, 7) is 0. The molecule has 0 aliphatic rings. The van der Waals surface area contributed by atoms with E-state index in [1.807, 2.05) is 53.3 Å². The molecule has 3 aromatic carbocycles. The Morgan fingerprint density at radius 2 is 1.56 bits per heavy atom. The first-order valence-electron chi connectivity index (χ1n) is 8.54. The lowest BCUT2D eigenvalue weighted by atomic mass is 10.1. The quantitative estimate of drug-likeness (QED) is 0.319. The van der Waals surface area contributed by atoms with Crippen molar-refractivity contribution < 1.29 is 4.52 Å². The number of aromatic nitrogens is 3. The number of pyridine rings is 1. The van der Waals surface area contributed by atoms with E-state index in [9.17, 15) is 0 Å². The lowest BCUT2D eigenvalue weighted by Gasteiger charge is -1.99. The number of hydrogen-bond donors (Lipinski definition) is 0. The van der Waals surface area contributed by atoms with E-state index in [1.165, 1.54) is 5.39 Å². The third-order valence-corrected chi connectivity index (χ3v) is 5.39. The van der Waals surface area contributed by atoms with Gasteiger partial charge in [-0.3, -0.25) is 0 Å². The van der Waals surface area contributed by atoms with Gasteiger partial charge in [0.2, 0.25) is 5.52 Å². The van der Waals surface area contributed by atoms with Gasteiger partial charge in [0.25, 0.3) is 5.69 Å². The van der Waals surface area contributed by atoms with Crippen LogP contribution < -0.4 is 4.52 Å². The molecule has 0 spiro atoms. The highest BCUT2D eigenvalue weighted by atomic mass is 79.9. The summed E-state index contributed by atoms with van der Waals surface area (Å²) >= 11 is 9.58. The SMILES string of the molecule is Clc1ccc(-c2nn(-c3ccc(Br)cc3)[n+]3cc4ccccc4cc23)cc1. The Kier molecular flexibility index (Phi) is 3.96. The Morgan fingerprint density at radius 1 is 0.852 bits per heavy atom. The average molecular weight is 436 g/mol. The predicted molar refractivity (Wildman–Crippen MR) is 112 cm³/mol. The Bertz CT molecular complexity index is 1180. The van der Waals surface area contributed by atoms with Gasteiger partial charge in [0.1, 0.15) is 11.9 Å². The summed E-state index contributed by atoms with van der Waals surface area (Å²) in [7, 11) is 0. The van der Waals surface area contributed by atoms with Crippen LogP contribution in [0.3, 0.4) is 0 Å². The normalized spacial score (nSPS) is 11.3. The average Bonchev–Trinajstić information content (AvgIpc) is 3.06. The molecular formula is C22H14BrClN3+. The maximum atomic E-state index is 6.08. The molecule has 0 aliphatic carbocycles. The maximum absolute atomic E-state index is 6.08. The first kappa shape index (κ1) is 16.5. The van der Waals surface area contributed by atoms with Crippen LogP contribution in [-0.4, -0.2) is 9.90 Å². The molecule has 130 valence electrons. The van der Waals surface area contributed by atoms with Crippen LogP contribution in [0.5, 0.6) is 0 Å². The van der Waals surface area contributed by atoms with E-state index in [2.05, 4.69) is 57.0 Å². The van der Waals surface area contributed by atoms with Gasteiger partial charge in [-0.1, -0.05) is 51.8 Å². The van der Waals surface area contributed by atoms with Gasteiger partial charge in [0.15, 0.2) is 0 Å². The van der Waals surface area contributed by atoms with Gasteiger partial charge in [-0.15, -0.1) is 4.52 Å². The number of nitrogens with zero attached hydrogens (tertiary/aromatic N) is 3. The first-order chi connectivity index (χ1) is 13.2. The van der Waals surface area contributed by atoms with Gasteiger partial charge in [-0.05, 0) is 58.7 Å². The van der Waals surface area contributed by atoms with Crippen molar-refractivity contribution in [2.75, 3.05) is 0 Å². The van der Waals surface area contributed by atoms with E-state index in [-0.39, 0.29) is 0 Å². The molecule has 3 nitrogen and oxygen atoms in total. The minimum Gasteiger partial charge on any atom is -0.119 e. The second kappa shape index (κ2) is 6.48. The molecule has 0 fully saturated rings. The maximum Gasteiger partial charge on any atom is 0.257 e. The van der Waals surface area contributed by atoms with Gasteiger partial charge in [0.05, 0.1) is 5.10 Å². The van der Waals surface area contributed by atoms with Gasteiger partial charge in [0, 0.05) is 26.5 Å². The molecule has 0 bridgehead atoms. The summed E-state index contributed by atoms with van der Waals surface area (Å²) < 4.78 is 3.13. The van der Waals surface area contributed by atoms with Crippen LogP contribution in [-0.2, 0) is 0 Å². The van der Waals surface area contributed by atoms with Crippen molar-refractivity contribution in [1.29, 1.82) is 0 Å². The highest BCUT2D eigenvalue weighted by Crippen LogP contribution is 2.26. The minimum atomic E-state index is 0.716. The van der Waals surface area contributed by atoms with Crippen molar-refractivity contribution in [2.45, 2.75) is 0 Å². The Labute approximate surface area is 169 Å². The molecule has 0 amide bonds. The summed E-state index contributed by atoms with van der Waals surface area (Å²) in [5, 5.41) is 8.00. The number of rotatable bonds is 2. The van der Waals surface area contributed by atoms with Crippen LogP contribution >= 0.6 is 27.5 Å².